The van der Waals surface area contributed by atoms with E-state index in [1.54, 1.807) is 6.92 Å². The van der Waals surface area contributed by atoms with Crippen LogP contribution < -0.4 is 0 Å². The third-order valence-electron chi connectivity index (χ3n) is 2.03. The molecule has 0 saturated heterocycles. The van der Waals surface area contributed by atoms with Gasteiger partial charge in [-0.1, -0.05) is 11.6 Å². The number of carbonyl (C=O) groups is 2. The SMILES string of the molecule is CCN(CC(=O)O)C(=O)c1cc(Br)cnc1Cl. The van der Waals surface area contributed by atoms with E-state index in [1.165, 1.54) is 17.2 Å². The molecule has 0 spiro atoms. The number of carboxylic acid groups (broad SMARTS) is 1. The van der Waals surface area contributed by atoms with Crippen LogP contribution in [0.3, 0.4) is 0 Å². The quantitative estimate of drug-likeness (QED) is 0.862. The van der Waals surface area contributed by atoms with Crippen LogP contribution >= 0.6 is 27.5 Å². The largest absolute Gasteiger partial charge is 0.480 e. The van der Waals surface area contributed by atoms with E-state index in [9.17, 15) is 9.59 Å². The minimum atomic E-state index is -1.07. The van der Waals surface area contributed by atoms with Crippen molar-refractivity contribution in [2.24, 2.45) is 0 Å². The van der Waals surface area contributed by atoms with Crippen LogP contribution in [0.25, 0.3) is 0 Å². The van der Waals surface area contributed by atoms with Crippen LogP contribution in [0, 0.1) is 0 Å². The monoisotopic (exact) mass is 320 g/mol. The molecule has 0 aliphatic carbocycles. The molecule has 0 unspecified atom stereocenters. The van der Waals surface area contributed by atoms with Crippen LogP contribution in [0.15, 0.2) is 16.7 Å². The van der Waals surface area contributed by atoms with Crippen LogP contribution in [0.4, 0.5) is 0 Å². The van der Waals surface area contributed by atoms with Gasteiger partial charge < -0.3 is 10.0 Å². The highest BCUT2D eigenvalue weighted by Gasteiger charge is 2.20. The Morgan fingerprint density at radius 2 is 2.24 bits per heavy atom. The molecule has 5 nitrogen and oxygen atoms in total. The third kappa shape index (κ3) is 3.67. The fraction of sp³-hybridized carbons (Fsp3) is 0.300. The van der Waals surface area contributed by atoms with E-state index in [0.717, 1.165) is 0 Å². The maximum atomic E-state index is 12.0. The number of carboxylic acids is 1. The number of hydrogen-bond acceptors (Lipinski definition) is 3. The van der Waals surface area contributed by atoms with E-state index in [0.29, 0.717) is 4.47 Å². The summed E-state index contributed by atoms with van der Waals surface area (Å²) in [7, 11) is 0. The molecule has 1 heterocycles. The molecule has 0 fully saturated rings. The van der Waals surface area contributed by atoms with Gasteiger partial charge in [0.2, 0.25) is 0 Å². The summed E-state index contributed by atoms with van der Waals surface area (Å²) >= 11 is 8.98. The van der Waals surface area contributed by atoms with Crippen molar-refractivity contribution in [3.63, 3.8) is 0 Å². The van der Waals surface area contributed by atoms with Gasteiger partial charge in [-0.2, -0.15) is 0 Å². The maximum absolute atomic E-state index is 12.0. The number of aromatic nitrogens is 1. The van der Waals surface area contributed by atoms with Crippen LogP contribution in [-0.4, -0.2) is 40.0 Å². The zero-order chi connectivity index (χ0) is 13.0. The Hall–Kier alpha value is -1.14. The summed E-state index contributed by atoms with van der Waals surface area (Å²) in [6.45, 7) is 1.62. The van der Waals surface area contributed by atoms with Crippen molar-refractivity contribution >= 4 is 39.4 Å². The van der Waals surface area contributed by atoms with Gasteiger partial charge in [0, 0.05) is 17.2 Å². The molecular weight excluding hydrogens is 311 g/mol. The molecule has 0 bridgehead atoms. The van der Waals surface area contributed by atoms with Gasteiger partial charge in [-0.3, -0.25) is 9.59 Å². The Kier molecular flexibility index (Phi) is 4.89. The molecular formula is C10H10BrClN2O3. The zero-order valence-corrected chi connectivity index (χ0v) is 11.3. The van der Waals surface area contributed by atoms with Crippen molar-refractivity contribution in [3.8, 4) is 0 Å². The van der Waals surface area contributed by atoms with E-state index in [1.807, 2.05) is 0 Å². The van der Waals surface area contributed by atoms with Gasteiger partial charge in [0.25, 0.3) is 5.91 Å². The van der Waals surface area contributed by atoms with Crippen molar-refractivity contribution in [1.82, 2.24) is 9.88 Å². The second kappa shape index (κ2) is 5.97. The Labute approximate surface area is 112 Å². The van der Waals surface area contributed by atoms with Crippen LogP contribution in [0.1, 0.15) is 17.3 Å². The molecule has 1 N–H and O–H groups in total. The standard InChI is InChI=1S/C10H10BrClN2O3/c1-2-14(5-8(15)16)10(17)7-3-6(11)4-13-9(7)12/h3-4H,2,5H2,1H3,(H,15,16). The Morgan fingerprint density at radius 3 is 2.76 bits per heavy atom. The highest BCUT2D eigenvalue weighted by molar-refractivity contribution is 9.10. The van der Waals surface area contributed by atoms with Gasteiger partial charge in [-0.05, 0) is 28.9 Å². The number of likely N-dealkylation sites (N-methyl/N-ethyl adjacent to an activating group) is 1. The summed E-state index contributed by atoms with van der Waals surface area (Å²) < 4.78 is 0.608. The number of nitrogens with zero attached hydrogens (tertiary/aromatic N) is 2. The lowest BCUT2D eigenvalue weighted by atomic mass is 10.2. The normalized spacial score (nSPS) is 10.1. The van der Waals surface area contributed by atoms with Crippen LogP contribution in [-0.2, 0) is 4.79 Å². The molecule has 1 rings (SSSR count). The van der Waals surface area contributed by atoms with E-state index >= 15 is 0 Å². The predicted octanol–water partition coefficient (Wildman–Crippen LogP) is 2.04. The molecule has 92 valence electrons. The van der Waals surface area contributed by atoms with E-state index < -0.39 is 11.9 Å². The zero-order valence-electron chi connectivity index (χ0n) is 8.98. The smallest absolute Gasteiger partial charge is 0.323 e. The molecule has 1 aromatic heterocycles. The number of carbonyl (C=O) groups excluding carboxylic acids is 1. The molecule has 17 heavy (non-hydrogen) atoms. The van der Waals surface area contributed by atoms with Gasteiger partial charge in [0.15, 0.2) is 0 Å². The number of rotatable bonds is 4. The first-order valence-electron chi connectivity index (χ1n) is 4.77. The summed E-state index contributed by atoms with van der Waals surface area (Å²) in [6, 6.07) is 1.52. The fourth-order valence-corrected chi connectivity index (χ4v) is 1.75. The first-order chi connectivity index (χ1) is 7.95. The number of amides is 1. The second-order valence-corrected chi connectivity index (χ2v) is 4.48. The minimum absolute atomic E-state index is 0.0574. The average molecular weight is 322 g/mol. The molecule has 1 amide bonds. The van der Waals surface area contributed by atoms with Gasteiger partial charge in [0.1, 0.15) is 11.7 Å². The highest BCUT2D eigenvalue weighted by Crippen LogP contribution is 2.19. The van der Waals surface area contributed by atoms with E-state index in [2.05, 4.69) is 20.9 Å². The lowest BCUT2D eigenvalue weighted by Crippen LogP contribution is -2.35. The van der Waals surface area contributed by atoms with E-state index in [-0.39, 0.29) is 23.8 Å². The second-order valence-electron chi connectivity index (χ2n) is 3.20. The fourth-order valence-electron chi connectivity index (χ4n) is 1.23. The minimum Gasteiger partial charge on any atom is -0.480 e. The summed E-state index contributed by atoms with van der Waals surface area (Å²) in [5.41, 5.74) is 0.184. The molecule has 0 atom stereocenters. The first kappa shape index (κ1) is 13.9. The average Bonchev–Trinajstić information content (AvgIpc) is 2.28. The molecule has 0 saturated carbocycles. The predicted molar refractivity (Wildman–Crippen MR) is 66.2 cm³/mol. The maximum Gasteiger partial charge on any atom is 0.323 e. The first-order valence-corrected chi connectivity index (χ1v) is 5.95. The number of hydrogen-bond donors (Lipinski definition) is 1. The summed E-state index contributed by atoms with van der Waals surface area (Å²) in [5, 5.41) is 8.74. The molecule has 0 aliphatic rings. The topological polar surface area (TPSA) is 70.5 Å². The highest BCUT2D eigenvalue weighted by atomic mass is 79.9. The lowest BCUT2D eigenvalue weighted by Gasteiger charge is -2.18. The summed E-state index contributed by atoms with van der Waals surface area (Å²) in [4.78, 5) is 27.6. The van der Waals surface area contributed by atoms with Crippen molar-refractivity contribution in [2.45, 2.75) is 6.92 Å². The van der Waals surface area contributed by atoms with Crippen molar-refractivity contribution in [3.05, 3.63) is 27.5 Å². The molecule has 0 radical (unpaired) electrons. The third-order valence-corrected chi connectivity index (χ3v) is 2.77. The molecule has 0 aromatic carbocycles. The van der Waals surface area contributed by atoms with Crippen LogP contribution in [0.2, 0.25) is 5.15 Å². The molecule has 1 aromatic rings. The number of pyridine rings is 1. The van der Waals surface area contributed by atoms with Crippen molar-refractivity contribution in [2.75, 3.05) is 13.1 Å². The summed E-state index contributed by atoms with van der Waals surface area (Å²) in [6.07, 6.45) is 1.46. The molecule has 0 aliphatic heterocycles. The summed E-state index contributed by atoms with van der Waals surface area (Å²) in [5.74, 6) is -1.52. The van der Waals surface area contributed by atoms with E-state index in [4.69, 9.17) is 16.7 Å². The number of aliphatic carboxylic acids is 1. The van der Waals surface area contributed by atoms with Crippen molar-refractivity contribution in [1.29, 1.82) is 0 Å². The Morgan fingerprint density at radius 1 is 1.59 bits per heavy atom. The van der Waals surface area contributed by atoms with Gasteiger partial charge in [-0.25, -0.2) is 4.98 Å². The molecule has 7 heteroatoms. The van der Waals surface area contributed by atoms with Gasteiger partial charge in [-0.15, -0.1) is 0 Å². The lowest BCUT2D eigenvalue weighted by molar-refractivity contribution is -0.137. The Bertz CT molecular complexity index is 453. The van der Waals surface area contributed by atoms with Crippen LogP contribution in [0.5, 0.6) is 0 Å². The Balaban J connectivity index is 3.01. The number of halogens is 2. The van der Waals surface area contributed by atoms with Gasteiger partial charge in [0.05, 0.1) is 5.56 Å². The van der Waals surface area contributed by atoms with Gasteiger partial charge >= 0.3 is 5.97 Å². The van der Waals surface area contributed by atoms with Crippen molar-refractivity contribution < 1.29 is 14.7 Å².